The van der Waals surface area contributed by atoms with E-state index in [1.807, 2.05) is 6.92 Å². The molecule has 0 saturated heterocycles. The average Bonchev–Trinajstić information content (AvgIpc) is 2.88. The van der Waals surface area contributed by atoms with Crippen LogP contribution in [0.15, 0.2) is 15.3 Å². The minimum Gasteiger partial charge on any atom is -0.465 e. The Morgan fingerprint density at radius 2 is 1.39 bits per heavy atom. The van der Waals surface area contributed by atoms with Crippen molar-refractivity contribution in [1.82, 2.24) is 0 Å². The van der Waals surface area contributed by atoms with Gasteiger partial charge in [0.1, 0.15) is 35.0 Å². The van der Waals surface area contributed by atoms with E-state index in [9.17, 15) is 29.1 Å². The Hall–Kier alpha value is -2.61. The summed E-state index contributed by atoms with van der Waals surface area (Å²) in [5.74, 6) is -5.01. The summed E-state index contributed by atoms with van der Waals surface area (Å²) in [5, 5.41) is 10.9. The van der Waals surface area contributed by atoms with Crippen molar-refractivity contribution in [3.05, 3.63) is 33.4 Å². The number of Topliss-reactive ketones (excluding diaryl/α,β-unsaturated/α-hetero) is 3. The summed E-state index contributed by atoms with van der Waals surface area (Å²) in [6.07, 6.45) is -1.38. The van der Waals surface area contributed by atoms with Gasteiger partial charge in [0, 0.05) is 36.8 Å². The average molecular weight is 507 g/mol. The number of ether oxygens (including phenoxy) is 1. The molecule has 0 spiro atoms. The normalized spacial score (nSPS) is 16.5. The van der Waals surface area contributed by atoms with Crippen LogP contribution < -0.4 is 5.43 Å². The Labute approximate surface area is 213 Å². The molecule has 0 amide bonds. The number of esters is 1. The van der Waals surface area contributed by atoms with Gasteiger partial charge in [-0.25, -0.2) is 0 Å². The molecule has 0 aromatic carbocycles. The molecule has 1 aromatic rings. The molecule has 0 bridgehead atoms. The molecule has 202 valence electrons. The van der Waals surface area contributed by atoms with Crippen LogP contribution in [0.2, 0.25) is 0 Å². The minimum atomic E-state index is -1.38. The van der Waals surface area contributed by atoms with Crippen molar-refractivity contribution in [2.75, 3.05) is 0 Å². The van der Waals surface area contributed by atoms with Gasteiger partial charge in [-0.05, 0) is 20.8 Å². The van der Waals surface area contributed by atoms with Gasteiger partial charge in [-0.15, -0.1) is 0 Å². The molecule has 8 nitrogen and oxygen atoms in total. The Kier molecular flexibility index (Phi) is 11.9. The second-order valence-corrected chi connectivity index (χ2v) is 9.73. The minimum absolute atomic E-state index is 0.139. The lowest BCUT2D eigenvalue weighted by molar-refractivity contribution is -0.166. The Morgan fingerprint density at radius 3 is 1.83 bits per heavy atom. The van der Waals surface area contributed by atoms with E-state index < -0.39 is 53.6 Å². The van der Waals surface area contributed by atoms with E-state index in [4.69, 9.17) is 9.15 Å². The Balaban J connectivity index is 3.09. The molecule has 1 aromatic heterocycles. The van der Waals surface area contributed by atoms with E-state index in [-0.39, 0.29) is 35.6 Å². The van der Waals surface area contributed by atoms with Crippen LogP contribution in [0.25, 0.3) is 0 Å². The first-order chi connectivity index (χ1) is 16.7. The van der Waals surface area contributed by atoms with Gasteiger partial charge in [-0.2, -0.15) is 0 Å². The highest BCUT2D eigenvalue weighted by Crippen LogP contribution is 2.27. The monoisotopic (exact) mass is 506 g/mol. The largest absolute Gasteiger partial charge is 0.465 e. The molecule has 0 aliphatic rings. The van der Waals surface area contributed by atoms with Gasteiger partial charge in [0.15, 0.2) is 5.43 Å². The fourth-order valence-electron chi connectivity index (χ4n) is 4.34. The number of hydrogen-bond acceptors (Lipinski definition) is 8. The molecule has 1 rings (SSSR count). The van der Waals surface area contributed by atoms with Crippen LogP contribution in [0.3, 0.4) is 0 Å². The first kappa shape index (κ1) is 31.4. The van der Waals surface area contributed by atoms with Crippen molar-refractivity contribution in [2.45, 2.75) is 99.7 Å². The van der Waals surface area contributed by atoms with Crippen molar-refractivity contribution in [2.24, 2.45) is 23.7 Å². The highest BCUT2D eigenvalue weighted by molar-refractivity contribution is 5.88. The smallest absolute Gasteiger partial charge is 0.311 e. The third-order valence-corrected chi connectivity index (χ3v) is 7.27. The number of hydrogen-bond donors (Lipinski definition) is 1. The maximum atomic E-state index is 13.1. The topological polar surface area (TPSA) is 128 Å². The van der Waals surface area contributed by atoms with Crippen LogP contribution in [0.4, 0.5) is 0 Å². The van der Waals surface area contributed by atoms with E-state index >= 15 is 0 Å². The predicted octanol–water partition coefficient (Wildman–Crippen LogP) is 3.96. The van der Waals surface area contributed by atoms with Gasteiger partial charge in [0.2, 0.25) is 0 Å². The predicted molar refractivity (Wildman–Crippen MR) is 136 cm³/mol. The van der Waals surface area contributed by atoms with Crippen molar-refractivity contribution in [3.63, 3.8) is 0 Å². The molecular formula is C28H42O8. The number of carbonyl (C=O) groups excluding carboxylic acids is 4. The Bertz CT molecular complexity index is 985. The second-order valence-electron chi connectivity index (χ2n) is 9.73. The second kappa shape index (κ2) is 13.6. The lowest BCUT2D eigenvalue weighted by Crippen LogP contribution is -2.43. The zero-order valence-corrected chi connectivity index (χ0v) is 23.0. The van der Waals surface area contributed by atoms with Gasteiger partial charge in [0.25, 0.3) is 0 Å². The lowest BCUT2D eigenvalue weighted by Gasteiger charge is -2.31. The number of rotatable bonds is 14. The quantitative estimate of drug-likeness (QED) is 0.376. The number of aryl methyl sites for hydroxylation is 1. The van der Waals surface area contributed by atoms with Crippen molar-refractivity contribution < 1.29 is 33.4 Å². The number of aliphatic hydroxyl groups excluding tert-OH is 1. The lowest BCUT2D eigenvalue weighted by atomic mass is 9.84. The van der Waals surface area contributed by atoms with Crippen LogP contribution in [0, 0.1) is 30.6 Å². The molecular weight excluding hydrogens is 464 g/mol. The van der Waals surface area contributed by atoms with Gasteiger partial charge in [0.05, 0.1) is 29.8 Å². The van der Waals surface area contributed by atoms with E-state index in [2.05, 4.69) is 0 Å². The molecule has 0 aliphatic carbocycles. The van der Waals surface area contributed by atoms with Crippen LogP contribution >= 0.6 is 0 Å². The highest BCUT2D eigenvalue weighted by Gasteiger charge is 2.39. The van der Waals surface area contributed by atoms with E-state index in [0.29, 0.717) is 17.7 Å². The summed E-state index contributed by atoms with van der Waals surface area (Å²) in [7, 11) is 0. The summed E-state index contributed by atoms with van der Waals surface area (Å²) in [6.45, 7) is 14.7. The standard InChI is InChI=1S/C28H42O8/c1-10-20(29)15(5)27(16(6)21(30)11-2)36-28(34)19(9)26(33)18(8)25(32)17(7)24-13-22(31)14(4)23(12-3)35-24/h13,15-19,26-27,33H,10-12H2,1-9H3/t15-,16-,17-,18+,19+,26+/m0/s1. The molecule has 1 N–H and O–H groups in total. The maximum Gasteiger partial charge on any atom is 0.311 e. The zero-order valence-electron chi connectivity index (χ0n) is 23.0. The summed E-state index contributed by atoms with van der Waals surface area (Å²) in [4.78, 5) is 63.0. The first-order valence-corrected chi connectivity index (χ1v) is 12.8. The molecule has 0 saturated carbocycles. The van der Waals surface area contributed by atoms with Gasteiger partial charge in [-0.3, -0.25) is 24.0 Å². The van der Waals surface area contributed by atoms with Crippen LogP contribution in [0.1, 0.15) is 91.2 Å². The van der Waals surface area contributed by atoms with Crippen LogP contribution in [-0.4, -0.2) is 40.6 Å². The summed E-state index contributed by atoms with van der Waals surface area (Å²) in [5.41, 5.74) is 0.266. The molecule has 1 heterocycles. The summed E-state index contributed by atoms with van der Waals surface area (Å²) in [6, 6.07) is 1.29. The maximum absolute atomic E-state index is 13.1. The molecule has 0 unspecified atom stereocenters. The molecule has 8 heteroatoms. The Morgan fingerprint density at radius 1 is 0.889 bits per heavy atom. The molecule has 36 heavy (non-hydrogen) atoms. The number of aliphatic hydroxyl groups is 1. The first-order valence-electron chi connectivity index (χ1n) is 12.8. The molecule has 6 atom stereocenters. The summed E-state index contributed by atoms with van der Waals surface area (Å²) < 4.78 is 11.4. The van der Waals surface area contributed by atoms with Crippen molar-refractivity contribution in [3.8, 4) is 0 Å². The van der Waals surface area contributed by atoms with Gasteiger partial charge >= 0.3 is 5.97 Å². The number of ketones is 3. The van der Waals surface area contributed by atoms with Crippen molar-refractivity contribution in [1.29, 1.82) is 0 Å². The molecule has 0 fully saturated rings. The fourth-order valence-corrected chi connectivity index (χ4v) is 4.34. The third kappa shape index (κ3) is 7.21. The zero-order chi connectivity index (χ0) is 27.9. The fraction of sp³-hybridized carbons (Fsp3) is 0.679. The third-order valence-electron chi connectivity index (χ3n) is 7.27. The van der Waals surface area contributed by atoms with E-state index in [0.717, 1.165) is 0 Å². The molecule has 0 aliphatic heterocycles. The number of carbonyl (C=O) groups is 4. The van der Waals surface area contributed by atoms with Gasteiger partial charge in [-0.1, -0.05) is 41.5 Å². The van der Waals surface area contributed by atoms with E-state index in [1.54, 1.807) is 41.5 Å². The van der Waals surface area contributed by atoms with Crippen molar-refractivity contribution >= 4 is 23.3 Å². The molecule has 0 radical (unpaired) electrons. The van der Waals surface area contributed by atoms with Crippen LogP contribution in [0.5, 0.6) is 0 Å². The van der Waals surface area contributed by atoms with Gasteiger partial charge < -0.3 is 14.3 Å². The van der Waals surface area contributed by atoms with Crippen LogP contribution in [-0.2, 0) is 30.3 Å². The SMILES string of the molecule is CCC(=O)[C@H](C)C(OC(=O)[C@H](C)[C@H](O)[C@H](C)C(=O)[C@@H](C)c1cc(=O)c(C)c(CC)o1)[C@@H](C)C(=O)CC. The van der Waals surface area contributed by atoms with E-state index in [1.165, 1.54) is 19.9 Å². The summed E-state index contributed by atoms with van der Waals surface area (Å²) >= 11 is 0. The highest BCUT2D eigenvalue weighted by atomic mass is 16.5.